The van der Waals surface area contributed by atoms with E-state index in [1.54, 1.807) is 35.9 Å². The topological polar surface area (TPSA) is 81.3 Å². The Bertz CT molecular complexity index is 1310. The van der Waals surface area contributed by atoms with Crippen molar-refractivity contribution in [1.29, 1.82) is 0 Å². The minimum absolute atomic E-state index is 0.0963. The van der Waals surface area contributed by atoms with Crippen LogP contribution in [0.25, 0.3) is 11.1 Å². The van der Waals surface area contributed by atoms with Crippen LogP contribution in [0.3, 0.4) is 0 Å². The van der Waals surface area contributed by atoms with E-state index in [1.165, 1.54) is 4.57 Å². The number of carbonyl (C=O) groups excluding carboxylic acids is 1. The van der Waals surface area contributed by atoms with Crippen molar-refractivity contribution < 1.29 is 14.7 Å². The fourth-order valence-electron chi connectivity index (χ4n) is 4.61. The minimum atomic E-state index is -0.975. The van der Waals surface area contributed by atoms with Gasteiger partial charge in [-0.3, -0.25) is 9.36 Å². The Labute approximate surface area is 198 Å². The molecule has 1 fully saturated rings. The van der Waals surface area contributed by atoms with Gasteiger partial charge < -0.3 is 5.11 Å². The second-order valence-corrected chi connectivity index (χ2v) is 8.68. The summed E-state index contributed by atoms with van der Waals surface area (Å²) in [4.78, 5) is 37.9. The van der Waals surface area contributed by atoms with Crippen LogP contribution >= 0.6 is 0 Å². The molecule has 1 aromatic heterocycles. The Morgan fingerprint density at radius 3 is 2.41 bits per heavy atom. The zero-order valence-electron chi connectivity index (χ0n) is 19.3. The molecule has 0 radical (unpaired) electrons. The van der Waals surface area contributed by atoms with Gasteiger partial charge in [0.15, 0.2) is 0 Å². The van der Waals surface area contributed by atoms with E-state index in [2.05, 4.69) is 11.8 Å². The molecule has 0 aliphatic heterocycles. The Morgan fingerprint density at radius 1 is 1.03 bits per heavy atom. The van der Waals surface area contributed by atoms with Gasteiger partial charge in [-0.15, -0.1) is 5.92 Å². The molecule has 1 N–H and O–H groups in total. The first kappa shape index (κ1) is 23.3. The molecule has 0 unspecified atom stereocenters. The van der Waals surface area contributed by atoms with Gasteiger partial charge in [-0.2, -0.15) is 0 Å². The van der Waals surface area contributed by atoms with Crippen molar-refractivity contribution in [2.45, 2.75) is 52.0 Å². The van der Waals surface area contributed by atoms with Gasteiger partial charge in [0, 0.05) is 12.1 Å². The van der Waals surface area contributed by atoms with Crippen LogP contribution in [-0.4, -0.2) is 26.1 Å². The molecule has 6 heteroatoms. The van der Waals surface area contributed by atoms with E-state index >= 15 is 0 Å². The van der Waals surface area contributed by atoms with Gasteiger partial charge in [0.05, 0.1) is 24.2 Å². The Kier molecular flexibility index (Phi) is 7.12. The molecule has 2 aromatic carbocycles. The van der Waals surface area contributed by atoms with E-state index in [0.717, 1.165) is 43.2 Å². The number of nitrogens with zero attached hydrogens (tertiary/aromatic N) is 2. The van der Waals surface area contributed by atoms with Crippen molar-refractivity contribution in [3.63, 3.8) is 0 Å². The summed E-state index contributed by atoms with van der Waals surface area (Å²) in [7, 11) is 0. The second kappa shape index (κ2) is 10.4. The highest BCUT2D eigenvalue weighted by Crippen LogP contribution is 2.26. The summed E-state index contributed by atoms with van der Waals surface area (Å²) in [5.41, 5.74) is 2.93. The number of imidazole rings is 1. The van der Waals surface area contributed by atoms with Gasteiger partial charge in [-0.25, -0.2) is 14.2 Å². The molecule has 34 heavy (non-hydrogen) atoms. The highest BCUT2D eigenvalue weighted by atomic mass is 16.4. The van der Waals surface area contributed by atoms with E-state index in [0.29, 0.717) is 24.2 Å². The van der Waals surface area contributed by atoms with Crippen molar-refractivity contribution in [3.05, 3.63) is 82.0 Å². The van der Waals surface area contributed by atoms with Crippen molar-refractivity contribution in [2.24, 2.45) is 5.92 Å². The number of aromatic carboxylic acids is 1. The van der Waals surface area contributed by atoms with Crippen LogP contribution in [0.4, 0.5) is 0 Å². The molecule has 4 rings (SSSR count). The van der Waals surface area contributed by atoms with Crippen molar-refractivity contribution in [2.75, 3.05) is 0 Å². The molecule has 0 atom stereocenters. The normalized spacial score (nSPS) is 13.8. The predicted molar refractivity (Wildman–Crippen MR) is 131 cm³/mol. The molecular weight excluding hydrogens is 428 g/mol. The van der Waals surface area contributed by atoms with Crippen LogP contribution in [0.15, 0.2) is 59.5 Å². The van der Waals surface area contributed by atoms with Crippen LogP contribution in [0.5, 0.6) is 0 Å². The molecule has 3 aromatic rings. The maximum atomic E-state index is 13.2. The van der Waals surface area contributed by atoms with Gasteiger partial charge in [0.2, 0.25) is 5.91 Å². The van der Waals surface area contributed by atoms with Gasteiger partial charge in [0.25, 0.3) is 0 Å². The average Bonchev–Trinajstić information content (AvgIpc) is 3.18. The second-order valence-electron chi connectivity index (χ2n) is 8.68. The van der Waals surface area contributed by atoms with Crippen LogP contribution in [0, 0.1) is 17.8 Å². The average molecular weight is 457 g/mol. The minimum Gasteiger partial charge on any atom is -0.478 e. The molecule has 1 heterocycles. The summed E-state index contributed by atoms with van der Waals surface area (Å²) >= 11 is 0. The number of hydrogen-bond acceptors (Lipinski definition) is 3. The van der Waals surface area contributed by atoms with Crippen LogP contribution in [0.1, 0.15) is 65.4 Å². The number of benzene rings is 2. The van der Waals surface area contributed by atoms with Gasteiger partial charge >= 0.3 is 11.7 Å². The summed E-state index contributed by atoms with van der Waals surface area (Å²) in [6, 6.07) is 14.4. The molecule has 0 saturated heterocycles. The summed E-state index contributed by atoms with van der Waals surface area (Å²) in [6.45, 7) is 2.06. The molecule has 6 nitrogen and oxygen atoms in total. The lowest BCUT2D eigenvalue weighted by Crippen LogP contribution is -2.34. The largest absolute Gasteiger partial charge is 0.478 e. The van der Waals surface area contributed by atoms with Crippen LogP contribution < -0.4 is 5.69 Å². The number of carboxylic acids is 1. The lowest BCUT2D eigenvalue weighted by Gasteiger charge is -2.19. The first-order valence-electron chi connectivity index (χ1n) is 11.7. The smallest absolute Gasteiger partial charge is 0.336 e. The summed E-state index contributed by atoms with van der Waals surface area (Å²) < 4.78 is 2.89. The molecule has 174 valence electrons. The number of hydrogen-bond donors (Lipinski definition) is 1. The van der Waals surface area contributed by atoms with Crippen LogP contribution in [0.2, 0.25) is 0 Å². The maximum absolute atomic E-state index is 13.2. The van der Waals surface area contributed by atoms with E-state index in [9.17, 15) is 19.5 Å². The van der Waals surface area contributed by atoms with Crippen molar-refractivity contribution in [3.8, 4) is 23.0 Å². The SMILES string of the molecule is CC#CCc1cn(C(=O)C2CCCCC2)c(=O)n1Cc1ccc(-c2ccccc2C(=O)O)cc1. The molecule has 1 saturated carbocycles. The molecule has 1 aliphatic carbocycles. The Balaban J connectivity index is 1.63. The highest BCUT2D eigenvalue weighted by molar-refractivity contribution is 5.96. The Morgan fingerprint density at radius 2 is 1.74 bits per heavy atom. The van der Waals surface area contributed by atoms with Crippen LogP contribution in [-0.2, 0) is 13.0 Å². The highest BCUT2D eigenvalue weighted by Gasteiger charge is 2.25. The van der Waals surface area contributed by atoms with Gasteiger partial charge in [-0.1, -0.05) is 67.6 Å². The lowest BCUT2D eigenvalue weighted by atomic mass is 9.88. The fraction of sp³-hybridized carbons (Fsp3) is 0.321. The number of rotatable bonds is 6. The summed E-state index contributed by atoms with van der Waals surface area (Å²) in [5.74, 6) is 4.68. The van der Waals surface area contributed by atoms with E-state index < -0.39 is 5.97 Å². The van der Waals surface area contributed by atoms with Gasteiger partial charge in [-0.05, 0) is 42.5 Å². The first-order valence-corrected chi connectivity index (χ1v) is 11.7. The summed E-state index contributed by atoms with van der Waals surface area (Å²) in [6.07, 6.45) is 6.90. The third kappa shape index (κ3) is 4.89. The zero-order valence-corrected chi connectivity index (χ0v) is 19.3. The molecular formula is C28H28N2O4. The van der Waals surface area contributed by atoms with E-state index in [1.807, 2.05) is 30.3 Å². The van der Waals surface area contributed by atoms with Crippen molar-refractivity contribution >= 4 is 11.9 Å². The van der Waals surface area contributed by atoms with Gasteiger partial charge in [0.1, 0.15) is 0 Å². The lowest BCUT2D eigenvalue weighted by molar-refractivity contribution is 0.0697. The maximum Gasteiger partial charge on any atom is 0.336 e. The van der Waals surface area contributed by atoms with E-state index in [-0.39, 0.29) is 23.1 Å². The summed E-state index contributed by atoms with van der Waals surface area (Å²) in [5, 5.41) is 9.47. The zero-order chi connectivity index (χ0) is 24.1. The fourth-order valence-corrected chi connectivity index (χ4v) is 4.61. The predicted octanol–water partition coefficient (Wildman–Crippen LogP) is 4.85. The standard InChI is InChI=1S/C28H28N2O4/c1-2-3-11-23-19-30(26(31)22-9-5-4-6-10-22)28(34)29(23)18-20-14-16-21(17-15-20)24-12-7-8-13-25(24)27(32)33/h7-8,12-17,19,22H,4-6,9-11,18H2,1H3,(H,32,33). The number of carboxylic acid groups (broad SMARTS) is 1. The number of carbonyl (C=O) groups is 2. The molecule has 1 aliphatic rings. The first-order chi connectivity index (χ1) is 16.5. The third-order valence-corrected chi connectivity index (χ3v) is 6.46. The monoisotopic (exact) mass is 456 g/mol. The molecule has 0 amide bonds. The molecule has 0 bridgehead atoms. The number of aromatic nitrogens is 2. The van der Waals surface area contributed by atoms with Crippen molar-refractivity contribution in [1.82, 2.24) is 9.13 Å². The molecule has 0 spiro atoms. The van der Waals surface area contributed by atoms with E-state index in [4.69, 9.17) is 0 Å². The third-order valence-electron chi connectivity index (χ3n) is 6.46. The quantitative estimate of drug-likeness (QED) is 0.538. The Hall–Kier alpha value is -3.85.